The van der Waals surface area contributed by atoms with Crippen LogP contribution in [-0.2, 0) is 9.53 Å². The van der Waals surface area contributed by atoms with Crippen LogP contribution in [0.3, 0.4) is 0 Å². The second-order valence-electron chi connectivity index (χ2n) is 3.58. The minimum Gasteiger partial charge on any atom is -0.370 e. The highest BCUT2D eigenvalue weighted by molar-refractivity contribution is 5.88. The van der Waals surface area contributed by atoms with E-state index in [0.29, 0.717) is 12.2 Å². The van der Waals surface area contributed by atoms with Gasteiger partial charge >= 0.3 is 0 Å². The first kappa shape index (κ1) is 9.72. The molecule has 0 amide bonds. The summed E-state index contributed by atoms with van der Waals surface area (Å²) < 4.78 is 5.28. The van der Waals surface area contributed by atoms with Crippen molar-refractivity contribution in [3.63, 3.8) is 0 Å². The van der Waals surface area contributed by atoms with Gasteiger partial charge in [-0.3, -0.25) is 4.79 Å². The van der Waals surface area contributed by atoms with Crippen molar-refractivity contribution in [1.29, 1.82) is 0 Å². The summed E-state index contributed by atoms with van der Waals surface area (Å²) in [5.74, 6) is 0.318. The zero-order chi connectivity index (χ0) is 9.03. The molecule has 0 N–H and O–H groups in total. The van der Waals surface area contributed by atoms with E-state index in [2.05, 4.69) is 6.92 Å². The predicted molar refractivity (Wildman–Crippen MR) is 48.1 cm³/mol. The smallest absolute Gasteiger partial charge is 0.164 e. The Kier molecular flexibility index (Phi) is 3.27. The van der Waals surface area contributed by atoms with E-state index in [1.807, 2.05) is 0 Å². The average molecular weight is 170 g/mol. The molecule has 2 nitrogen and oxygen atoms in total. The Labute approximate surface area is 74.3 Å². The minimum atomic E-state index is -0.366. The maximum Gasteiger partial charge on any atom is 0.164 e. The molecule has 1 saturated carbocycles. The van der Waals surface area contributed by atoms with Crippen molar-refractivity contribution >= 4 is 5.78 Å². The number of Topliss-reactive ketones (excluding diaryl/α,β-unsaturated/α-hetero) is 1. The first-order valence-electron chi connectivity index (χ1n) is 4.83. The van der Waals surface area contributed by atoms with Gasteiger partial charge < -0.3 is 4.74 Å². The van der Waals surface area contributed by atoms with E-state index in [0.717, 1.165) is 32.1 Å². The molecule has 1 aliphatic rings. The number of ketones is 1. The summed E-state index contributed by atoms with van der Waals surface area (Å²) in [6, 6.07) is 0. The lowest BCUT2D eigenvalue weighted by atomic mass is 9.75. The lowest BCUT2D eigenvalue weighted by Crippen LogP contribution is -2.46. The number of unbranched alkanes of at least 4 members (excludes halogenated alkanes) is 1. The van der Waals surface area contributed by atoms with E-state index in [1.54, 1.807) is 7.11 Å². The quantitative estimate of drug-likeness (QED) is 0.633. The third kappa shape index (κ3) is 1.69. The predicted octanol–water partition coefficient (Wildman–Crippen LogP) is 2.31. The monoisotopic (exact) mass is 170 g/mol. The minimum absolute atomic E-state index is 0.318. The van der Waals surface area contributed by atoms with Crippen molar-refractivity contribution in [3.05, 3.63) is 0 Å². The zero-order valence-electron chi connectivity index (χ0n) is 8.06. The van der Waals surface area contributed by atoms with Gasteiger partial charge in [-0.25, -0.2) is 0 Å². The van der Waals surface area contributed by atoms with Crippen molar-refractivity contribution in [2.45, 2.75) is 51.0 Å². The van der Waals surface area contributed by atoms with Gasteiger partial charge in [-0.15, -0.1) is 0 Å². The van der Waals surface area contributed by atoms with Crippen LogP contribution in [0.15, 0.2) is 0 Å². The fourth-order valence-electron chi connectivity index (χ4n) is 1.66. The third-order valence-electron chi connectivity index (χ3n) is 2.82. The van der Waals surface area contributed by atoms with Crippen LogP contribution < -0.4 is 0 Å². The Morgan fingerprint density at radius 3 is 2.50 bits per heavy atom. The molecule has 0 spiro atoms. The number of ether oxygens (including phenoxy) is 1. The molecule has 0 saturated heterocycles. The largest absolute Gasteiger partial charge is 0.370 e. The van der Waals surface area contributed by atoms with Gasteiger partial charge in [-0.05, 0) is 25.7 Å². The summed E-state index contributed by atoms with van der Waals surface area (Å²) in [6.45, 7) is 2.10. The zero-order valence-corrected chi connectivity index (χ0v) is 8.06. The molecular formula is C10H18O2. The van der Waals surface area contributed by atoms with Gasteiger partial charge in [-0.1, -0.05) is 13.3 Å². The van der Waals surface area contributed by atoms with Gasteiger partial charge in [0.1, 0.15) is 5.60 Å². The van der Waals surface area contributed by atoms with Gasteiger partial charge in [0.05, 0.1) is 0 Å². The molecule has 0 atom stereocenters. The van der Waals surface area contributed by atoms with Crippen LogP contribution in [0.25, 0.3) is 0 Å². The van der Waals surface area contributed by atoms with Crippen LogP contribution in [0.4, 0.5) is 0 Å². The Morgan fingerprint density at radius 1 is 1.50 bits per heavy atom. The molecule has 0 aromatic heterocycles. The molecule has 1 rings (SSSR count). The van der Waals surface area contributed by atoms with E-state index < -0.39 is 0 Å². The van der Waals surface area contributed by atoms with E-state index in [4.69, 9.17) is 4.74 Å². The highest BCUT2D eigenvalue weighted by Crippen LogP contribution is 2.36. The van der Waals surface area contributed by atoms with Crippen LogP contribution in [0.1, 0.15) is 45.4 Å². The van der Waals surface area contributed by atoms with Gasteiger partial charge in [0.15, 0.2) is 5.78 Å². The molecular weight excluding hydrogens is 152 g/mol. The number of hydrogen-bond acceptors (Lipinski definition) is 2. The summed E-state index contributed by atoms with van der Waals surface area (Å²) in [6.07, 6.45) is 5.81. The molecule has 0 heterocycles. The Morgan fingerprint density at radius 2 is 2.17 bits per heavy atom. The van der Waals surface area contributed by atoms with Crippen molar-refractivity contribution in [3.8, 4) is 0 Å². The summed E-state index contributed by atoms with van der Waals surface area (Å²) in [4.78, 5) is 11.6. The second kappa shape index (κ2) is 4.04. The van der Waals surface area contributed by atoms with Gasteiger partial charge in [0.2, 0.25) is 0 Å². The molecule has 70 valence electrons. The van der Waals surface area contributed by atoms with Crippen LogP contribution in [0, 0.1) is 0 Å². The van der Waals surface area contributed by atoms with Gasteiger partial charge in [-0.2, -0.15) is 0 Å². The highest BCUT2D eigenvalue weighted by atomic mass is 16.5. The van der Waals surface area contributed by atoms with Crippen LogP contribution >= 0.6 is 0 Å². The molecule has 1 fully saturated rings. The third-order valence-corrected chi connectivity index (χ3v) is 2.82. The Bertz CT molecular complexity index is 154. The Hall–Kier alpha value is -0.370. The molecule has 0 unspecified atom stereocenters. The molecule has 1 aliphatic carbocycles. The maximum atomic E-state index is 11.6. The Balaban J connectivity index is 2.38. The molecule has 0 aromatic rings. The van der Waals surface area contributed by atoms with Gasteiger partial charge in [0.25, 0.3) is 0 Å². The SMILES string of the molecule is CCCCC(=O)C1(OC)CCC1. The molecule has 0 radical (unpaired) electrons. The molecule has 0 aliphatic heterocycles. The topological polar surface area (TPSA) is 26.3 Å². The number of carbonyl (C=O) groups excluding carboxylic acids is 1. The fourth-order valence-corrected chi connectivity index (χ4v) is 1.66. The summed E-state index contributed by atoms with van der Waals surface area (Å²) in [7, 11) is 1.66. The lowest BCUT2D eigenvalue weighted by molar-refractivity contribution is -0.151. The molecule has 0 bridgehead atoms. The molecule has 12 heavy (non-hydrogen) atoms. The van der Waals surface area contributed by atoms with Crippen LogP contribution in [-0.4, -0.2) is 18.5 Å². The van der Waals surface area contributed by atoms with Gasteiger partial charge in [0, 0.05) is 13.5 Å². The van der Waals surface area contributed by atoms with Crippen molar-refractivity contribution in [2.24, 2.45) is 0 Å². The van der Waals surface area contributed by atoms with E-state index >= 15 is 0 Å². The van der Waals surface area contributed by atoms with E-state index in [-0.39, 0.29) is 5.60 Å². The standard InChI is InChI=1S/C10H18O2/c1-3-4-6-9(11)10(12-2)7-5-8-10/h3-8H2,1-2H3. The normalized spacial score (nSPS) is 20.2. The number of rotatable bonds is 5. The van der Waals surface area contributed by atoms with Crippen molar-refractivity contribution in [1.82, 2.24) is 0 Å². The fraction of sp³-hybridized carbons (Fsp3) is 0.900. The summed E-state index contributed by atoms with van der Waals surface area (Å²) >= 11 is 0. The lowest BCUT2D eigenvalue weighted by Gasteiger charge is -2.38. The molecule has 0 aromatic carbocycles. The first-order chi connectivity index (χ1) is 5.75. The second-order valence-corrected chi connectivity index (χ2v) is 3.58. The summed E-state index contributed by atoms with van der Waals surface area (Å²) in [5, 5.41) is 0. The van der Waals surface area contributed by atoms with Crippen molar-refractivity contribution < 1.29 is 9.53 Å². The summed E-state index contributed by atoms with van der Waals surface area (Å²) in [5.41, 5.74) is -0.366. The first-order valence-corrected chi connectivity index (χ1v) is 4.83. The number of carbonyl (C=O) groups is 1. The average Bonchev–Trinajstić information content (AvgIpc) is 2.00. The highest BCUT2D eigenvalue weighted by Gasteiger charge is 2.43. The maximum absolute atomic E-state index is 11.6. The van der Waals surface area contributed by atoms with Crippen LogP contribution in [0.2, 0.25) is 0 Å². The van der Waals surface area contributed by atoms with E-state index in [1.165, 1.54) is 0 Å². The van der Waals surface area contributed by atoms with Crippen LogP contribution in [0.5, 0.6) is 0 Å². The van der Waals surface area contributed by atoms with E-state index in [9.17, 15) is 4.79 Å². The number of methoxy groups -OCH3 is 1. The van der Waals surface area contributed by atoms with Crippen molar-refractivity contribution in [2.75, 3.05) is 7.11 Å². The number of hydrogen-bond donors (Lipinski definition) is 0. The molecule has 2 heteroatoms.